The lowest BCUT2D eigenvalue weighted by molar-refractivity contribution is -0.119. The number of halogens is 3. The van der Waals surface area contributed by atoms with Gasteiger partial charge in [0.05, 0.1) is 23.4 Å². The molecular weight excluding hydrogens is 501 g/mol. The fourth-order valence-corrected chi connectivity index (χ4v) is 3.32. The number of nitrogens with zero attached hydrogens (tertiary/aromatic N) is 4. The number of amides is 1. The summed E-state index contributed by atoms with van der Waals surface area (Å²) < 4.78 is 1.59. The maximum absolute atomic E-state index is 13.2. The smallest absolute Gasteiger partial charge is 0.298 e. The van der Waals surface area contributed by atoms with E-state index < -0.39 is 0 Å². The summed E-state index contributed by atoms with van der Waals surface area (Å²) in [4.78, 5) is 40.8. The van der Waals surface area contributed by atoms with Crippen molar-refractivity contribution in [3.63, 3.8) is 0 Å². The van der Waals surface area contributed by atoms with Crippen molar-refractivity contribution in [2.45, 2.75) is 26.8 Å². The highest BCUT2D eigenvalue weighted by Gasteiger charge is 2.15. The van der Waals surface area contributed by atoms with Crippen LogP contribution in [0.1, 0.15) is 24.0 Å². The zero-order valence-electron chi connectivity index (χ0n) is 18.6. The van der Waals surface area contributed by atoms with Crippen molar-refractivity contribution in [1.29, 1.82) is 0 Å². The van der Waals surface area contributed by atoms with Crippen molar-refractivity contribution >= 4 is 60.0 Å². The Kier molecular flexibility index (Phi) is 11.0. The van der Waals surface area contributed by atoms with Gasteiger partial charge in [0.2, 0.25) is 5.91 Å². The lowest BCUT2D eigenvalue weighted by Crippen LogP contribution is -2.26. The Bertz CT molecular complexity index is 1290. The quantitative estimate of drug-likeness (QED) is 0.340. The number of aromatic nitrogens is 5. The first-order chi connectivity index (χ1) is 15.0. The van der Waals surface area contributed by atoms with Crippen LogP contribution in [0.3, 0.4) is 0 Å². The lowest BCUT2D eigenvalue weighted by atomic mass is 10.2. The molecule has 0 spiro atoms. The summed E-state index contributed by atoms with van der Waals surface area (Å²) in [5, 5.41) is 5.86. The molecule has 0 saturated heterocycles. The van der Waals surface area contributed by atoms with E-state index in [1.165, 1.54) is 6.92 Å². The normalized spacial score (nSPS) is 9.94. The van der Waals surface area contributed by atoms with Gasteiger partial charge in [-0.1, -0.05) is 6.07 Å². The fourth-order valence-electron chi connectivity index (χ4n) is 3.32. The summed E-state index contributed by atoms with van der Waals surface area (Å²) in [7, 11) is 0. The van der Waals surface area contributed by atoms with E-state index in [1.807, 2.05) is 37.3 Å². The average molecular weight is 527 g/mol. The second-order valence-electron chi connectivity index (χ2n) is 7.17. The number of aryl methyl sites for hydroxylation is 1. The Morgan fingerprint density at radius 2 is 1.88 bits per heavy atom. The predicted molar refractivity (Wildman–Crippen MR) is 140 cm³/mol. The maximum atomic E-state index is 13.2. The third-order valence-electron chi connectivity index (χ3n) is 4.86. The zero-order chi connectivity index (χ0) is 21.8. The minimum absolute atomic E-state index is 0. The molecular formula is C22H26Cl3N7O2. The third-order valence-corrected chi connectivity index (χ3v) is 4.86. The highest BCUT2D eigenvalue weighted by molar-refractivity contribution is 5.86. The monoisotopic (exact) mass is 525 g/mol. The van der Waals surface area contributed by atoms with E-state index in [1.54, 1.807) is 23.2 Å². The zero-order valence-corrected chi connectivity index (χ0v) is 21.0. The first kappa shape index (κ1) is 28.9. The van der Waals surface area contributed by atoms with Crippen LogP contribution in [0.2, 0.25) is 0 Å². The van der Waals surface area contributed by atoms with Crippen LogP contribution < -0.4 is 16.2 Å². The largest absolute Gasteiger partial charge is 0.365 e. The SMILES string of the molecule is CC(=O)NCc1ccc2[nH]cc(-n3c(C)cnc(NCCc4ccccn4)c3=O)c2n1.Cl.Cl.Cl. The van der Waals surface area contributed by atoms with E-state index >= 15 is 0 Å². The molecule has 0 atom stereocenters. The fraction of sp³-hybridized carbons (Fsp3) is 0.227. The molecule has 1 amide bonds. The van der Waals surface area contributed by atoms with Crippen LogP contribution in [0.4, 0.5) is 5.82 Å². The van der Waals surface area contributed by atoms with Gasteiger partial charge in [-0.05, 0) is 31.2 Å². The third kappa shape index (κ3) is 6.47. The number of hydrogen-bond acceptors (Lipinski definition) is 6. The molecule has 0 saturated carbocycles. The van der Waals surface area contributed by atoms with Crippen molar-refractivity contribution in [3.8, 4) is 5.69 Å². The second kappa shape index (κ2) is 12.9. The number of pyridine rings is 2. The molecule has 4 aromatic heterocycles. The molecule has 0 fully saturated rings. The Morgan fingerprint density at radius 3 is 2.59 bits per heavy atom. The van der Waals surface area contributed by atoms with E-state index in [4.69, 9.17) is 0 Å². The summed E-state index contributed by atoms with van der Waals surface area (Å²) in [6, 6.07) is 9.47. The van der Waals surface area contributed by atoms with Gasteiger partial charge in [-0.15, -0.1) is 37.2 Å². The van der Waals surface area contributed by atoms with Gasteiger partial charge in [-0.2, -0.15) is 0 Å². The number of hydrogen-bond donors (Lipinski definition) is 3. The standard InChI is InChI=1S/C22H23N7O2.3ClH/c1-14-11-27-21(24-10-8-16-5-3-4-9-23-16)22(31)29(14)19-13-26-18-7-6-17(28-20(18)19)12-25-15(2)30;;;/h3-7,9,11,13,26H,8,10,12H2,1-2H3,(H,24,27)(H,25,30);3*1H. The van der Waals surface area contributed by atoms with Crippen molar-refractivity contribution < 1.29 is 4.79 Å². The van der Waals surface area contributed by atoms with E-state index in [0.717, 1.165) is 11.2 Å². The molecule has 3 N–H and O–H groups in total. The van der Waals surface area contributed by atoms with Gasteiger partial charge in [0, 0.05) is 49.9 Å². The van der Waals surface area contributed by atoms with Crippen LogP contribution in [0.5, 0.6) is 0 Å². The van der Waals surface area contributed by atoms with Gasteiger partial charge in [-0.25, -0.2) is 9.97 Å². The molecule has 9 nitrogen and oxygen atoms in total. The van der Waals surface area contributed by atoms with Crippen LogP contribution in [-0.2, 0) is 17.8 Å². The minimum Gasteiger partial charge on any atom is -0.365 e. The van der Waals surface area contributed by atoms with Gasteiger partial charge in [0.25, 0.3) is 5.56 Å². The number of anilines is 1. The topological polar surface area (TPSA) is 118 Å². The van der Waals surface area contributed by atoms with Crippen molar-refractivity contribution in [2.75, 3.05) is 11.9 Å². The highest BCUT2D eigenvalue weighted by atomic mass is 35.5. The van der Waals surface area contributed by atoms with Crippen LogP contribution in [0.15, 0.2) is 53.7 Å². The van der Waals surface area contributed by atoms with Crippen LogP contribution in [-0.4, -0.2) is 37.0 Å². The van der Waals surface area contributed by atoms with E-state index in [2.05, 4.69) is 30.6 Å². The molecule has 34 heavy (non-hydrogen) atoms. The number of carbonyl (C=O) groups excluding carboxylic acids is 1. The number of aromatic amines is 1. The molecule has 12 heteroatoms. The van der Waals surface area contributed by atoms with Crippen molar-refractivity contribution in [2.24, 2.45) is 0 Å². The van der Waals surface area contributed by atoms with Gasteiger partial charge in [0.15, 0.2) is 5.82 Å². The van der Waals surface area contributed by atoms with E-state index in [-0.39, 0.29) is 54.5 Å². The van der Waals surface area contributed by atoms with Gasteiger partial charge < -0.3 is 15.6 Å². The molecule has 0 unspecified atom stereocenters. The molecule has 0 aromatic carbocycles. The van der Waals surface area contributed by atoms with Crippen molar-refractivity contribution in [1.82, 2.24) is 29.8 Å². The number of nitrogens with one attached hydrogen (secondary N) is 3. The van der Waals surface area contributed by atoms with Crippen LogP contribution in [0, 0.1) is 6.92 Å². The molecule has 0 aliphatic carbocycles. The minimum atomic E-state index is -0.254. The van der Waals surface area contributed by atoms with Gasteiger partial charge in [0.1, 0.15) is 5.52 Å². The summed E-state index contributed by atoms with van der Waals surface area (Å²) in [6.07, 6.45) is 5.84. The number of fused-ring (bicyclic) bond motifs is 1. The second-order valence-corrected chi connectivity index (χ2v) is 7.17. The van der Waals surface area contributed by atoms with E-state index in [9.17, 15) is 9.59 Å². The maximum Gasteiger partial charge on any atom is 0.298 e. The Labute approximate surface area is 215 Å². The molecule has 0 radical (unpaired) electrons. The highest BCUT2D eigenvalue weighted by Crippen LogP contribution is 2.21. The molecule has 182 valence electrons. The molecule has 4 heterocycles. The predicted octanol–water partition coefficient (Wildman–Crippen LogP) is 3.37. The van der Waals surface area contributed by atoms with Crippen LogP contribution in [0.25, 0.3) is 16.7 Å². The lowest BCUT2D eigenvalue weighted by Gasteiger charge is -2.12. The summed E-state index contributed by atoms with van der Waals surface area (Å²) >= 11 is 0. The molecule has 0 aliphatic rings. The molecule has 4 rings (SSSR count). The van der Waals surface area contributed by atoms with Gasteiger partial charge in [-0.3, -0.25) is 19.1 Å². The molecule has 4 aromatic rings. The van der Waals surface area contributed by atoms with Crippen LogP contribution >= 0.6 is 37.2 Å². The Morgan fingerprint density at radius 1 is 1.09 bits per heavy atom. The number of rotatable bonds is 7. The summed E-state index contributed by atoms with van der Waals surface area (Å²) in [5.74, 6) is 0.143. The van der Waals surface area contributed by atoms with Crippen molar-refractivity contribution in [3.05, 3.63) is 76.4 Å². The Balaban J connectivity index is 0.00000193. The first-order valence-electron chi connectivity index (χ1n) is 9.97. The summed E-state index contributed by atoms with van der Waals surface area (Å²) in [6.45, 7) is 4.14. The van der Waals surface area contributed by atoms with E-state index in [0.29, 0.717) is 42.1 Å². The molecule has 0 bridgehead atoms. The number of H-pyrrole nitrogens is 1. The number of carbonyl (C=O) groups is 1. The average Bonchev–Trinajstić information content (AvgIpc) is 3.18. The summed E-state index contributed by atoms with van der Waals surface area (Å²) in [5.41, 5.74) is 4.17. The molecule has 0 aliphatic heterocycles. The van der Waals surface area contributed by atoms with Gasteiger partial charge >= 0.3 is 0 Å². The Hall–Kier alpha value is -3.14. The first-order valence-corrected chi connectivity index (χ1v) is 9.97.